The Hall–Kier alpha value is -3.05. The third kappa shape index (κ3) is 7.55. The van der Waals surface area contributed by atoms with Gasteiger partial charge in [-0.2, -0.15) is 13.5 Å². The summed E-state index contributed by atoms with van der Waals surface area (Å²) in [5.41, 5.74) is 6.86. The third-order valence-electron chi connectivity index (χ3n) is 8.21. The van der Waals surface area contributed by atoms with Gasteiger partial charge in [-0.25, -0.2) is 8.42 Å². The number of nitrogens with one attached hydrogen (secondary N) is 1. The molecule has 1 saturated carbocycles. The van der Waals surface area contributed by atoms with Crippen molar-refractivity contribution < 1.29 is 26.7 Å². The van der Waals surface area contributed by atoms with E-state index in [9.17, 15) is 13.2 Å². The number of likely N-dealkylation sites (tertiary alicyclic amines) is 1. The molecule has 3 aromatic carbocycles. The lowest BCUT2D eigenvalue weighted by atomic mass is 9.90. The SMILES string of the molecule is N[C@@H]1CCN(C(=O)[C@@H](NS(=O)(=O)c2ccc(OCC3CCCCC3)cc2)C(F)(F)c2ccc(-c3ccc(Cl)cc3)cc2)C1. The lowest BCUT2D eigenvalue weighted by Crippen LogP contribution is -2.56. The molecule has 0 radical (unpaired) electrons. The van der Waals surface area contributed by atoms with Crippen molar-refractivity contribution in [2.24, 2.45) is 11.7 Å². The van der Waals surface area contributed by atoms with Crippen molar-refractivity contribution in [2.45, 2.75) is 61.4 Å². The van der Waals surface area contributed by atoms with E-state index in [0.717, 1.165) is 18.4 Å². The Kier molecular flexibility index (Phi) is 9.70. The van der Waals surface area contributed by atoms with E-state index in [1.807, 2.05) is 4.72 Å². The van der Waals surface area contributed by atoms with Gasteiger partial charge in [0.25, 0.3) is 5.92 Å². The number of hydrogen-bond acceptors (Lipinski definition) is 5. The molecule has 11 heteroatoms. The van der Waals surface area contributed by atoms with Crippen LogP contribution in [0.4, 0.5) is 8.78 Å². The number of carbonyl (C=O) groups excluding carboxylic acids is 1. The Morgan fingerprint density at radius 1 is 0.953 bits per heavy atom. The van der Waals surface area contributed by atoms with Crippen LogP contribution in [0.3, 0.4) is 0 Å². The van der Waals surface area contributed by atoms with Gasteiger partial charge in [0.2, 0.25) is 15.9 Å². The molecule has 3 N–H and O–H groups in total. The highest BCUT2D eigenvalue weighted by atomic mass is 35.5. The molecule has 1 aliphatic heterocycles. The normalized spacial score (nSPS) is 18.9. The number of ether oxygens (including phenoxy) is 1. The van der Waals surface area contributed by atoms with E-state index in [4.69, 9.17) is 22.1 Å². The zero-order valence-electron chi connectivity index (χ0n) is 23.7. The number of carbonyl (C=O) groups is 1. The quantitative estimate of drug-likeness (QED) is 0.287. The standard InChI is InChI=1S/C32H36ClF2N3O4S/c33-26-12-8-24(9-13-26)23-6-10-25(11-7-23)32(34,35)30(31(39)38-19-18-27(36)20-38)37-43(40,41)29-16-14-28(15-17-29)42-21-22-4-2-1-3-5-22/h6-17,22,27,30,37H,1-5,18-21,36H2/t27-,30-/m1/s1. The molecule has 1 amide bonds. The summed E-state index contributed by atoms with van der Waals surface area (Å²) in [5.74, 6) is -3.95. The van der Waals surface area contributed by atoms with Gasteiger partial charge in [-0.15, -0.1) is 0 Å². The van der Waals surface area contributed by atoms with Crippen LogP contribution in [0.5, 0.6) is 5.75 Å². The summed E-state index contributed by atoms with van der Waals surface area (Å²) in [5, 5.41) is 0.545. The number of amides is 1. The number of nitrogens with two attached hydrogens (primary N) is 1. The molecule has 230 valence electrons. The number of rotatable bonds is 10. The summed E-state index contributed by atoms with van der Waals surface area (Å²) in [6, 6.07) is 15.2. The Balaban J connectivity index is 1.37. The molecule has 2 atom stereocenters. The zero-order valence-corrected chi connectivity index (χ0v) is 25.3. The molecular formula is C32H36ClF2N3O4S. The van der Waals surface area contributed by atoms with Gasteiger partial charge in [-0.3, -0.25) is 4.79 Å². The van der Waals surface area contributed by atoms with Crippen LogP contribution >= 0.6 is 11.6 Å². The van der Waals surface area contributed by atoms with Crippen molar-refractivity contribution in [3.8, 4) is 16.9 Å². The van der Waals surface area contributed by atoms with Crippen molar-refractivity contribution in [1.29, 1.82) is 0 Å². The molecule has 0 unspecified atom stereocenters. The summed E-state index contributed by atoms with van der Waals surface area (Å²) in [6.07, 6.45) is 6.23. The van der Waals surface area contributed by atoms with Crippen molar-refractivity contribution in [2.75, 3.05) is 19.7 Å². The lowest BCUT2D eigenvalue weighted by Gasteiger charge is -2.30. The predicted molar refractivity (Wildman–Crippen MR) is 163 cm³/mol. The minimum atomic E-state index is -4.52. The summed E-state index contributed by atoms with van der Waals surface area (Å²) >= 11 is 5.95. The van der Waals surface area contributed by atoms with Crippen LogP contribution in [0, 0.1) is 5.92 Å². The van der Waals surface area contributed by atoms with Crippen LogP contribution in [-0.4, -0.2) is 51.0 Å². The molecule has 1 heterocycles. The monoisotopic (exact) mass is 631 g/mol. The molecule has 2 aliphatic rings. The minimum Gasteiger partial charge on any atom is -0.493 e. The van der Waals surface area contributed by atoms with Crippen molar-refractivity contribution >= 4 is 27.5 Å². The van der Waals surface area contributed by atoms with E-state index in [2.05, 4.69) is 0 Å². The fraction of sp³-hybridized carbons (Fsp3) is 0.406. The molecule has 5 rings (SSSR count). The van der Waals surface area contributed by atoms with Gasteiger partial charge in [0.05, 0.1) is 11.5 Å². The van der Waals surface area contributed by atoms with Gasteiger partial charge in [0, 0.05) is 29.7 Å². The molecule has 0 aromatic heterocycles. The second kappa shape index (κ2) is 13.3. The lowest BCUT2D eigenvalue weighted by molar-refractivity contribution is -0.143. The van der Waals surface area contributed by atoms with Gasteiger partial charge in [0.15, 0.2) is 6.04 Å². The maximum absolute atomic E-state index is 16.2. The second-order valence-electron chi connectivity index (χ2n) is 11.4. The average Bonchev–Trinajstić information content (AvgIpc) is 3.46. The maximum Gasteiger partial charge on any atom is 0.298 e. The fourth-order valence-corrected chi connectivity index (χ4v) is 6.97. The molecule has 2 fully saturated rings. The summed E-state index contributed by atoms with van der Waals surface area (Å²) < 4.78 is 67.0. The van der Waals surface area contributed by atoms with E-state index in [1.165, 1.54) is 72.7 Å². The van der Waals surface area contributed by atoms with Crippen molar-refractivity contribution in [3.05, 3.63) is 83.4 Å². The Morgan fingerprint density at radius 3 is 2.14 bits per heavy atom. The van der Waals surface area contributed by atoms with Crippen LogP contribution < -0.4 is 15.2 Å². The second-order valence-corrected chi connectivity index (χ2v) is 13.5. The first-order valence-electron chi connectivity index (χ1n) is 14.6. The molecule has 0 spiro atoms. The molecule has 7 nitrogen and oxygen atoms in total. The molecule has 43 heavy (non-hydrogen) atoms. The van der Waals surface area contributed by atoms with Gasteiger partial charge in [0.1, 0.15) is 5.75 Å². The van der Waals surface area contributed by atoms with Crippen LogP contribution in [0.25, 0.3) is 11.1 Å². The average molecular weight is 632 g/mol. The van der Waals surface area contributed by atoms with Crippen LogP contribution in [0.1, 0.15) is 44.1 Å². The largest absolute Gasteiger partial charge is 0.493 e. The number of halogens is 3. The van der Waals surface area contributed by atoms with E-state index in [-0.39, 0.29) is 24.0 Å². The minimum absolute atomic E-state index is 0.0652. The molecular weight excluding hydrogens is 596 g/mol. The van der Waals surface area contributed by atoms with E-state index in [0.29, 0.717) is 35.3 Å². The summed E-state index contributed by atoms with van der Waals surface area (Å²) in [6.45, 7) is 0.772. The van der Waals surface area contributed by atoms with Crippen LogP contribution in [-0.2, 0) is 20.7 Å². The molecule has 3 aromatic rings. The van der Waals surface area contributed by atoms with Crippen molar-refractivity contribution in [3.63, 3.8) is 0 Å². The molecule has 0 bridgehead atoms. The van der Waals surface area contributed by atoms with Gasteiger partial charge in [-0.1, -0.05) is 67.3 Å². The fourth-order valence-electron chi connectivity index (χ4n) is 5.65. The van der Waals surface area contributed by atoms with Crippen LogP contribution in [0.15, 0.2) is 77.7 Å². The molecule has 1 saturated heterocycles. The number of hydrogen-bond donors (Lipinski definition) is 2. The van der Waals surface area contributed by atoms with E-state index >= 15 is 8.78 Å². The Bertz CT molecular complexity index is 1500. The first-order valence-corrected chi connectivity index (χ1v) is 16.4. The first-order chi connectivity index (χ1) is 20.5. The smallest absolute Gasteiger partial charge is 0.298 e. The Morgan fingerprint density at radius 2 is 1.56 bits per heavy atom. The zero-order chi connectivity index (χ0) is 30.6. The topological polar surface area (TPSA) is 102 Å². The number of nitrogens with zero attached hydrogens (tertiary/aromatic N) is 1. The summed E-state index contributed by atoms with van der Waals surface area (Å²) in [7, 11) is -4.52. The van der Waals surface area contributed by atoms with Gasteiger partial charge < -0.3 is 15.4 Å². The van der Waals surface area contributed by atoms with Gasteiger partial charge in [-0.05, 0) is 72.7 Å². The predicted octanol–water partition coefficient (Wildman–Crippen LogP) is 5.96. The number of sulfonamides is 1. The van der Waals surface area contributed by atoms with E-state index in [1.54, 1.807) is 24.3 Å². The number of alkyl halides is 2. The molecule has 1 aliphatic carbocycles. The third-order valence-corrected chi connectivity index (χ3v) is 9.90. The maximum atomic E-state index is 16.2. The Labute approximate surface area is 256 Å². The highest BCUT2D eigenvalue weighted by Crippen LogP contribution is 2.36. The summed E-state index contributed by atoms with van der Waals surface area (Å²) in [4.78, 5) is 14.4. The first kappa shape index (κ1) is 31.4. The van der Waals surface area contributed by atoms with E-state index < -0.39 is 33.5 Å². The van der Waals surface area contributed by atoms with Crippen LogP contribution in [0.2, 0.25) is 5.02 Å². The number of benzene rings is 3. The highest BCUT2D eigenvalue weighted by Gasteiger charge is 2.50. The van der Waals surface area contributed by atoms with Gasteiger partial charge >= 0.3 is 0 Å². The van der Waals surface area contributed by atoms with Crippen molar-refractivity contribution in [1.82, 2.24) is 9.62 Å². The highest BCUT2D eigenvalue weighted by molar-refractivity contribution is 7.89.